The third-order valence-corrected chi connectivity index (χ3v) is 1.31. The number of ether oxygens (including phenoxy) is 1. The zero-order valence-electron chi connectivity index (χ0n) is 6.33. The van der Waals surface area contributed by atoms with Crippen molar-refractivity contribution in [1.29, 1.82) is 0 Å². The highest BCUT2D eigenvalue weighted by Crippen LogP contribution is 2.08. The van der Waals surface area contributed by atoms with Crippen molar-refractivity contribution in [1.82, 2.24) is 9.97 Å². The van der Waals surface area contributed by atoms with E-state index in [9.17, 15) is 4.39 Å². The van der Waals surface area contributed by atoms with Gasteiger partial charge in [0.15, 0.2) is 0 Å². The van der Waals surface area contributed by atoms with Gasteiger partial charge in [0.1, 0.15) is 0 Å². The van der Waals surface area contributed by atoms with E-state index >= 15 is 0 Å². The minimum absolute atomic E-state index is 0.132. The second-order valence-electron chi connectivity index (χ2n) is 2.05. The summed E-state index contributed by atoms with van der Waals surface area (Å²) < 4.78 is 16.7. The molecule has 1 aromatic heterocycles. The summed E-state index contributed by atoms with van der Waals surface area (Å²) in [5, 5.41) is 0.132. The topological polar surface area (TPSA) is 35.0 Å². The fraction of sp³-hybridized carbons (Fsp3) is 0.429. The maximum atomic E-state index is 11.6. The third kappa shape index (κ3) is 3.00. The second-order valence-corrected chi connectivity index (χ2v) is 2.39. The van der Waals surface area contributed by atoms with E-state index in [1.807, 2.05) is 0 Å². The van der Waals surface area contributed by atoms with Gasteiger partial charge in [-0.1, -0.05) is 0 Å². The van der Waals surface area contributed by atoms with E-state index in [0.29, 0.717) is 18.9 Å². The van der Waals surface area contributed by atoms with Crippen LogP contribution in [0.1, 0.15) is 6.42 Å². The first-order valence-corrected chi connectivity index (χ1v) is 3.88. The number of alkyl halides is 1. The predicted octanol–water partition coefficient (Wildman–Crippen LogP) is 1.87. The van der Waals surface area contributed by atoms with Crippen molar-refractivity contribution >= 4 is 11.6 Å². The Morgan fingerprint density at radius 3 is 3.08 bits per heavy atom. The molecule has 12 heavy (non-hydrogen) atoms. The highest BCUT2D eigenvalue weighted by molar-refractivity contribution is 6.28. The molecule has 0 saturated heterocycles. The van der Waals surface area contributed by atoms with E-state index in [-0.39, 0.29) is 5.28 Å². The third-order valence-electron chi connectivity index (χ3n) is 1.13. The van der Waals surface area contributed by atoms with Crippen LogP contribution in [-0.2, 0) is 0 Å². The van der Waals surface area contributed by atoms with Crippen molar-refractivity contribution < 1.29 is 9.13 Å². The van der Waals surface area contributed by atoms with E-state index in [0.717, 1.165) is 0 Å². The lowest BCUT2D eigenvalue weighted by Gasteiger charge is -2.01. The molecule has 0 amide bonds. The van der Waals surface area contributed by atoms with Crippen LogP contribution >= 0.6 is 11.6 Å². The Bertz CT molecular complexity index is 247. The SMILES string of the molecule is FCCCOc1ccnc(Cl)n1. The first-order chi connectivity index (χ1) is 5.83. The van der Waals surface area contributed by atoms with Crippen LogP contribution in [0.5, 0.6) is 5.88 Å². The molecule has 0 radical (unpaired) electrons. The number of hydrogen-bond acceptors (Lipinski definition) is 3. The van der Waals surface area contributed by atoms with Gasteiger partial charge >= 0.3 is 0 Å². The van der Waals surface area contributed by atoms with Gasteiger partial charge in [0, 0.05) is 18.7 Å². The van der Waals surface area contributed by atoms with Crippen LogP contribution < -0.4 is 4.74 Å². The van der Waals surface area contributed by atoms with E-state index in [1.165, 1.54) is 6.20 Å². The molecule has 0 saturated carbocycles. The Kier molecular flexibility index (Phi) is 3.73. The molecule has 1 aromatic rings. The van der Waals surface area contributed by atoms with Gasteiger partial charge in [0.25, 0.3) is 0 Å². The number of aromatic nitrogens is 2. The average molecular weight is 191 g/mol. The largest absolute Gasteiger partial charge is 0.477 e. The van der Waals surface area contributed by atoms with Gasteiger partial charge < -0.3 is 4.74 Å². The summed E-state index contributed by atoms with van der Waals surface area (Å²) in [5.74, 6) is 0.378. The van der Waals surface area contributed by atoms with Gasteiger partial charge in [-0.25, -0.2) is 4.98 Å². The molecule has 0 spiro atoms. The Morgan fingerprint density at radius 1 is 1.58 bits per heavy atom. The molecule has 5 heteroatoms. The zero-order valence-corrected chi connectivity index (χ0v) is 7.09. The highest BCUT2D eigenvalue weighted by atomic mass is 35.5. The number of nitrogens with zero attached hydrogens (tertiary/aromatic N) is 2. The zero-order chi connectivity index (χ0) is 8.81. The van der Waals surface area contributed by atoms with Crippen LogP contribution in [0.15, 0.2) is 12.3 Å². The maximum absolute atomic E-state index is 11.6. The summed E-state index contributed by atoms with van der Waals surface area (Å²) in [6.45, 7) is -0.0807. The Morgan fingerprint density at radius 2 is 2.42 bits per heavy atom. The van der Waals surface area contributed by atoms with E-state index in [1.54, 1.807) is 6.07 Å². The van der Waals surface area contributed by atoms with Crippen molar-refractivity contribution in [2.75, 3.05) is 13.3 Å². The molecule has 0 aromatic carbocycles. The summed E-state index contributed by atoms with van der Waals surface area (Å²) in [7, 11) is 0. The molecule has 1 heterocycles. The first kappa shape index (κ1) is 9.19. The van der Waals surface area contributed by atoms with Crippen LogP contribution in [0.4, 0.5) is 4.39 Å². The lowest BCUT2D eigenvalue weighted by molar-refractivity contribution is 0.279. The van der Waals surface area contributed by atoms with Crippen LogP contribution in [0.25, 0.3) is 0 Å². The van der Waals surface area contributed by atoms with Gasteiger partial charge in [-0.05, 0) is 11.6 Å². The van der Waals surface area contributed by atoms with Crippen molar-refractivity contribution in [2.45, 2.75) is 6.42 Å². The number of halogens is 2. The molecule has 0 unspecified atom stereocenters. The minimum atomic E-state index is -0.390. The van der Waals surface area contributed by atoms with Gasteiger partial charge in [-0.2, -0.15) is 4.98 Å². The van der Waals surface area contributed by atoms with E-state index < -0.39 is 6.67 Å². The van der Waals surface area contributed by atoms with Crippen LogP contribution in [0.3, 0.4) is 0 Å². The normalized spacial score (nSPS) is 9.83. The van der Waals surface area contributed by atoms with Crippen LogP contribution in [0, 0.1) is 0 Å². The lowest BCUT2D eigenvalue weighted by Crippen LogP contribution is -2.00. The smallest absolute Gasteiger partial charge is 0.225 e. The van der Waals surface area contributed by atoms with Gasteiger partial charge in [-0.3, -0.25) is 4.39 Å². The standard InChI is InChI=1S/C7H8ClFN2O/c8-7-10-4-2-6(11-7)12-5-1-3-9/h2,4H,1,3,5H2. The molecule has 3 nitrogen and oxygen atoms in total. The molecule has 0 aliphatic heterocycles. The average Bonchev–Trinajstić information content (AvgIpc) is 2.05. The lowest BCUT2D eigenvalue weighted by atomic mass is 10.5. The first-order valence-electron chi connectivity index (χ1n) is 3.50. The summed E-state index contributed by atoms with van der Waals surface area (Å²) in [5.41, 5.74) is 0. The molecule has 0 aliphatic carbocycles. The molecule has 1 rings (SSSR count). The number of rotatable bonds is 4. The molecule has 0 fully saturated rings. The minimum Gasteiger partial charge on any atom is -0.477 e. The van der Waals surface area contributed by atoms with Gasteiger partial charge in [-0.15, -0.1) is 0 Å². The van der Waals surface area contributed by atoms with Gasteiger partial charge in [0.2, 0.25) is 11.2 Å². The summed E-state index contributed by atoms with van der Waals surface area (Å²) in [6, 6.07) is 1.57. The van der Waals surface area contributed by atoms with E-state index in [4.69, 9.17) is 16.3 Å². The molecular formula is C7H8ClFN2O. The second kappa shape index (κ2) is 4.87. The quantitative estimate of drug-likeness (QED) is 0.537. The van der Waals surface area contributed by atoms with Crippen molar-refractivity contribution in [3.63, 3.8) is 0 Å². The molecular weight excluding hydrogens is 183 g/mol. The summed E-state index contributed by atoms with van der Waals surface area (Å²) >= 11 is 5.48. The molecule has 0 atom stereocenters. The molecule has 0 aliphatic rings. The fourth-order valence-corrected chi connectivity index (χ4v) is 0.771. The van der Waals surface area contributed by atoms with Crippen molar-refractivity contribution in [2.24, 2.45) is 0 Å². The molecule has 66 valence electrons. The highest BCUT2D eigenvalue weighted by Gasteiger charge is 1.96. The van der Waals surface area contributed by atoms with Crippen LogP contribution in [-0.4, -0.2) is 23.2 Å². The Balaban J connectivity index is 2.41. The van der Waals surface area contributed by atoms with Crippen molar-refractivity contribution in [3.05, 3.63) is 17.5 Å². The van der Waals surface area contributed by atoms with Crippen molar-refractivity contribution in [3.8, 4) is 5.88 Å². The number of hydrogen-bond donors (Lipinski definition) is 0. The van der Waals surface area contributed by atoms with Crippen LogP contribution in [0.2, 0.25) is 5.28 Å². The monoisotopic (exact) mass is 190 g/mol. The molecule has 0 N–H and O–H groups in total. The van der Waals surface area contributed by atoms with E-state index in [2.05, 4.69) is 9.97 Å². The Hall–Kier alpha value is -0.900. The predicted molar refractivity (Wildman–Crippen MR) is 43.1 cm³/mol. The van der Waals surface area contributed by atoms with Gasteiger partial charge in [0.05, 0.1) is 13.3 Å². The summed E-state index contributed by atoms with van der Waals surface area (Å²) in [6.07, 6.45) is 1.85. The Labute approximate surface area is 74.5 Å². The fourth-order valence-electron chi connectivity index (χ4n) is 0.631. The molecule has 0 bridgehead atoms. The summed E-state index contributed by atoms with van der Waals surface area (Å²) in [4.78, 5) is 7.42. The maximum Gasteiger partial charge on any atom is 0.225 e.